The Kier molecular flexibility index (Phi) is 5.83. The number of rotatable bonds is 6. The zero-order valence-electron chi connectivity index (χ0n) is 12.7. The predicted octanol–water partition coefficient (Wildman–Crippen LogP) is 4.21. The Balaban J connectivity index is 1.82. The number of aryl methyl sites for hydroxylation is 1. The first kappa shape index (κ1) is 16.4. The number of benzene rings is 2. The number of nitrogens with one attached hydrogen (secondary N) is 2. The van der Waals surface area contributed by atoms with Crippen molar-refractivity contribution in [2.24, 2.45) is 0 Å². The minimum atomic E-state index is -0.0380. The Labute approximate surface area is 139 Å². The highest BCUT2D eigenvalue weighted by Crippen LogP contribution is 2.23. The van der Waals surface area contributed by atoms with Crippen LogP contribution in [0.4, 0.5) is 11.4 Å². The number of ether oxygens (including phenoxy) is 1. The van der Waals surface area contributed by atoms with Gasteiger partial charge in [-0.3, -0.25) is 4.79 Å². The van der Waals surface area contributed by atoms with E-state index in [-0.39, 0.29) is 5.91 Å². The van der Waals surface area contributed by atoms with E-state index in [4.69, 9.17) is 4.74 Å². The SMILES string of the molecule is COc1cccc(NC(=O)CCNc2ccc(C)cc2Br)c1. The van der Waals surface area contributed by atoms with Gasteiger partial charge in [-0.25, -0.2) is 0 Å². The topological polar surface area (TPSA) is 50.4 Å². The van der Waals surface area contributed by atoms with Crippen molar-refractivity contribution in [1.82, 2.24) is 0 Å². The molecule has 2 aromatic carbocycles. The first-order chi connectivity index (χ1) is 10.6. The first-order valence-corrected chi connectivity index (χ1v) is 7.81. The van der Waals surface area contributed by atoms with Crippen molar-refractivity contribution < 1.29 is 9.53 Å². The fraction of sp³-hybridized carbons (Fsp3) is 0.235. The maximum absolute atomic E-state index is 11.9. The third kappa shape index (κ3) is 4.77. The van der Waals surface area contributed by atoms with Gasteiger partial charge in [-0.2, -0.15) is 0 Å². The van der Waals surface area contributed by atoms with Crippen molar-refractivity contribution in [2.75, 3.05) is 24.3 Å². The quantitative estimate of drug-likeness (QED) is 0.809. The van der Waals surface area contributed by atoms with Gasteiger partial charge in [0.2, 0.25) is 5.91 Å². The maximum Gasteiger partial charge on any atom is 0.226 e. The van der Waals surface area contributed by atoms with Crippen LogP contribution >= 0.6 is 15.9 Å². The standard InChI is InChI=1S/C17H19BrN2O2/c1-12-6-7-16(15(18)10-12)19-9-8-17(21)20-13-4-3-5-14(11-13)22-2/h3-7,10-11,19H,8-9H2,1-2H3,(H,20,21). The summed E-state index contributed by atoms with van der Waals surface area (Å²) in [6.45, 7) is 2.60. The van der Waals surface area contributed by atoms with Gasteiger partial charge in [0.15, 0.2) is 0 Å². The van der Waals surface area contributed by atoms with E-state index >= 15 is 0 Å². The fourth-order valence-electron chi connectivity index (χ4n) is 2.00. The molecule has 0 radical (unpaired) electrons. The molecule has 0 aliphatic heterocycles. The van der Waals surface area contributed by atoms with Gasteiger partial charge in [0, 0.05) is 34.9 Å². The third-order valence-electron chi connectivity index (χ3n) is 3.15. The Bertz CT molecular complexity index is 659. The van der Waals surface area contributed by atoms with Gasteiger partial charge in [0.05, 0.1) is 7.11 Å². The van der Waals surface area contributed by atoms with E-state index in [1.165, 1.54) is 5.56 Å². The van der Waals surface area contributed by atoms with Crippen LogP contribution in [-0.2, 0) is 4.79 Å². The van der Waals surface area contributed by atoms with Crippen molar-refractivity contribution in [3.05, 3.63) is 52.5 Å². The lowest BCUT2D eigenvalue weighted by Crippen LogP contribution is -2.16. The number of hydrogen-bond donors (Lipinski definition) is 2. The summed E-state index contributed by atoms with van der Waals surface area (Å²) in [4.78, 5) is 11.9. The van der Waals surface area contributed by atoms with Crippen molar-refractivity contribution in [2.45, 2.75) is 13.3 Å². The second-order valence-corrected chi connectivity index (χ2v) is 5.79. The molecule has 22 heavy (non-hydrogen) atoms. The van der Waals surface area contributed by atoms with Gasteiger partial charge < -0.3 is 15.4 Å². The molecule has 2 rings (SSSR count). The second kappa shape index (κ2) is 7.84. The van der Waals surface area contributed by atoms with Crippen LogP contribution in [0.2, 0.25) is 0 Å². The van der Waals surface area contributed by atoms with Crippen molar-refractivity contribution >= 4 is 33.2 Å². The van der Waals surface area contributed by atoms with Crippen LogP contribution in [0.5, 0.6) is 5.75 Å². The molecular weight excluding hydrogens is 344 g/mol. The number of carbonyl (C=O) groups is 1. The predicted molar refractivity (Wildman–Crippen MR) is 93.6 cm³/mol. The summed E-state index contributed by atoms with van der Waals surface area (Å²) in [5.74, 6) is 0.684. The third-order valence-corrected chi connectivity index (χ3v) is 3.80. The van der Waals surface area contributed by atoms with Gasteiger partial charge in [-0.1, -0.05) is 12.1 Å². The number of hydrogen-bond acceptors (Lipinski definition) is 3. The molecule has 5 heteroatoms. The lowest BCUT2D eigenvalue weighted by Gasteiger charge is -2.10. The van der Waals surface area contributed by atoms with Crippen molar-refractivity contribution in [3.8, 4) is 5.75 Å². The van der Waals surface area contributed by atoms with Crippen molar-refractivity contribution in [3.63, 3.8) is 0 Å². The summed E-state index contributed by atoms with van der Waals surface area (Å²) in [5, 5.41) is 6.10. The number of amides is 1. The molecule has 0 spiro atoms. The van der Waals surface area contributed by atoms with E-state index < -0.39 is 0 Å². The zero-order chi connectivity index (χ0) is 15.9. The summed E-state index contributed by atoms with van der Waals surface area (Å²) in [6, 6.07) is 13.4. The normalized spacial score (nSPS) is 10.1. The molecule has 0 saturated heterocycles. The molecule has 0 aliphatic carbocycles. The van der Waals surface area contributed by atoms with E-state index in [0.29, 0.717) is 13.0 Å². The highest BCUT2D eigenvalue weighted by molar-refractivity contribution is 9.10. The first-order valence-electron chi connectivity index (χ1n) is 7.02. The largest absolute Gasteiger partial charge is 0.497 e. The molecule has 0 saturated carbocycles. The molecule has 2 N–H and O–H groups in total. The van der Waals surface area contributed by atoms with Crippen molar-refractivity contribution in [1.29, 1.82) is 0 Å². The van der Waals surface area contributed by atoms with Gasteiger partial charge in [-0.05, 0) is 52.7 Å². The molecule has 4 nitrogen and oxygen atoms in total. The molecule has 1 amide bonds. The number of carbonyl (C=O) groups excluding carboxylic acids is 1. The zero-order valence-corrected chi connectivity index (χ0v) is 14.2. The number of anilines is 2. The summed E-state index contributed by atoms with van der Waals surface area (Å²) in [5.41, 5.74) is 2.91. The van der Waals surface area contributed by atoms with Crippen LogP contribution in [0.3, 0.4) is 0 Å². The van der Waals surface area contributed by atoms with E-state index in [9.17, 15) is 4.79 Å². The Morgan fingerprint density at radius 1 is 1.23 bits per heavy atom. The maximum atomic E-state index is 11.9. The summed E-state index contributed by atoms with van der Waals surface area (Å²) in [7, 11) is 1.60. The minimum Gasteiger partial charge on any atom is -0.497 e. The van der Waals surface area contributed by atoms with Crippen LogP contribution < -0.4 is 15.4 Å². The molecule has 116 valence electrons. The van der Waals surface area contributed by atoms with Gasteiger partial charge in [0.1, 0.15) is 5.75 Å². The molecule has 0 heterocycles. The summed E-state index contributed by atoms with van der Waals surface area (Å²) < 4.78 is 6.13. The van der Waals surface area contributed by atoms with E-state index in [1.807, 2.05) is 43.3 Å². The fourth-order valence-corrected chi connectivity index (χ4v) is 2.63. The summed E-state index contributed by atoms with van der Waals surface area (Å²) in [6.07, 6.45) is 0.386. The molecule has 0 atom stereocenters. The van der Waals surface area contributed by atoms with E-state index in [1.54, 1.807) is 13.2 Å². The highest BCUT2D eigenvalue weighted by atomic mass is 79.9. The molecular formula is C17H19BrN2O2. The Morgan fingerprint density at radius 3 is 2.77 bits per heavy atom. The van der Waals surface area contributed by atoms with E-state index in [2.05, 4.69) is 26.6 Å². The molecule has 0 fully saturated rings. The molecule has 0 bridgehead atoms. The van der Waals surface area contributed by atoms with E-state index in [0.717, 1.165) is 21.6 Å². The molecule has 0 unspecified atom stereocenters. The average molecular weight is 363 g/mol. The molecule has 0 aliphatic rings. The Morgan fingerprint density at radius 2 is 2.05 bits per heavy atom. The monoisotopic (exact) mass is 362 g/mol. The lowest BCUT2D eigenvalue weighted by molar-refractivity contribution is -0.115. The van der Waals surface area contributed by atoms with Gasteiger partial charge in [0.25, 0.3) is 0 Å². The van der Waals surface area contributed by atoms with Crippen LogP contribution in [0.1, 0.15) is 12.0 Å². The summed E-state index contributed by atoms with van der Waals surface area (Å²) >= 11 is 3.51. The van der Waals surface area contributed by atoms with Crippen LogP contribution in [-0.4, -0.2) is 19.6 Å². The molecule has 0 aromatic heterocycles. The van der Waals surface area contributed by atoms with Gasteiger partial charge in [-0.15, -0.1) is 0 Å². The van der Waals surface area contributed by atoms with Crippen LogP contribution in [0, 0.1) is 6.92 Å². The average Bonchev–Trinajstić information content (AvgIpc) is 2.49. The smallest absolute Gasteiger partial charge is 0.226 e. The lowest BCUT2D eigenvalue weighted by atomic mass is 10.2. The van der Waals surface area contributed by atoms with Crippen LogP contribution in [0.25, 0.3) is 0 Å². The molecule has 2 aromatic rings. The highest BCUT2D eigenvalue weighted by Gasteiger charge is 2.04. The number of halogens is 1. The van der Waals surface area contributed by atoms with Gasteiger partial charge >= 0.3 is 0 Å². The Hall–Kier alpha value is -2.01. The van der Waals surface area contributed by atoms with Crippen LogP contribution in [0.15, 0.2) is 46.9 Å². The minimum absolute atomic E-state index is 0.0380. The number of methoxy groups -OCH3 is 1. The second-order valence-electron chi connectivity index (χ2n) is 4.94.